The molecule has 4 aromatic rings. The number of aryl methyl sites for hydroxylation is 3. The smallest absolute Gasteiger partial charge is 0.185 e. The highest BCUT2D eigenvalue weighted by molar-refractivity contribution is 5.23. The van der Waals surface area contributed by atoms with Crippen molar-refractivity contribution in [3.63, 3.8) is 0 Å². The minimum absolute atomic E-state index is 0.171. The molecule has 0 bridgehead atoms. The molecule has 34 heavy (non-hydrogen) atoms. The maximum Gasteiger partial charge on any atom is 0.185 e. The zero-order chi connectivity index (χ0) is 23.2. The van der Waals surface area contributed by atoms with Crippen LogP contribution in [0.15, 0.2) is 108 Å². The molecule has 0 aliphatic carbocycles. The molecule has 5 rings (SSSR count). The number of pyridine rings is 1. The fraction of sp³-hybridized carbons (Fsp3) is 0.258. The SMILES string of the molecule is O=c1cc2n(cc1CCc1ccccc1)CC(CCc1ccccc1)N(Cc1ccccc1)C2. The van der Waals surface area contributed by atoms with Crippen LogP contribution in [0.1, 0.15) is 34.4 Å². The van der Waals surface area contributed by atoms with E-state index >= 15 is 0 Å². The molecule has 3 aromatic carbocycles. The van der Waals surface area contributed by atoms with Crippen LogP contribution in [0.5, 0.6) is 0 Å². The lowest BCUT2D eigenvalue weighted by molar-refractivity contribution is 0.122. The summed E-state index contributed by atoms with van der Waals surface area (Å²) in [5, 5.41) is 0. The third-order valence-electron chi connectivity index (χ3n) is 6.95. The Hall–Kier alpha value is -3.43. The van der Waals surface area contributed by atoms with Gasteiger partial charge in [0.15, 0.2) is 5.43 Å². The molecule has 172 valence electrons. The Balaban J connectivity index is 1.36. The molecule has 0 amide bonds. The van der Waals surface area contributed by atoms with Crippen molar-refractivity contribution < 1.29 is 0 Å². The lowest BCUT2D eigenvalue weighted by Gasteiger charge is -2.38. The normalized spacial score (nSPS) is 15.7. The Bertz CT molecular complexity index is 1250. The molecule has 3 nitrogen and oxygen atoms in total. The number of aromatic nitrogens is 1. The summed E-state index contributed by atoms with van der Waals surface area (Å²) >= 11 is 0. The standard InChI is InChI=1S/C31H32N2O/c34-31-20-30-24-32(21-27-14-8-3-9-15-27)29(19-17-26-12-6-2-7-13-26)23-33(30)22-28(31)18-16-25-10-4-1-5-11-25/h1-15,20,22,29H,16-19,21,23-24H2. The van der Waals surface area contributed by atoms with Gasteiger partial charge in [-0.1, -0.05) is 91.0 Å². The van der Waals surface area contributed by atoms with Gasteiger partial charge >= 0.3 is 0 Å². The van der Waals surface area contributed by atoms with E-state index in [1.54, 1.807) is 0 Å². The number of fused-ring (bicyclic) bond motifs is 1. The molecule has 0 fully saturated rings. The molecule has 0 saturated carbocycles. The monoisotopic (exact) mass is 448 g/mol. The van der Waals surface area contributed by atoms with Crippen LogP contribution in [-0.2, 0) is 38.9 Å². The Morgan fingerprint density at radius 2 is 1.29 bits per heavy atom. The van der Waals surface area contributed by atoms with Gasteiger partial charge in [0.05, 0.1) is 0 Å². The quantitative estimate of drug-likeness (QED) is 0.348. The van der Waals surface area contributed by atoms with Crippen LogP contribution in [0.25, 0.3) is 0 Å². The zero-order valence-corrected chi connectivity index (χ0v) is 19.6. The molecule has 0 spiro atoms. The second-order valence-electron chi connectivity index (χ2n) is 9.36. The summed E-state index contributed by atoms with van der Waals surface area (Å²) in [6, 6.07) is 34.2. The van der Waals surface area contributed by atoms with Gasteiger partial charge in [0.1, 0.15) is 0 Å². The van der Waals surface area contributed by atoms with E-state index < -0.39 is 0 Å². The van der Waals surface area contributed by atoms with Crippen molar-refractivity contribution in [2.45, 2.75) is 51.4 Å². The van der Waals surface area contributed by atoms with E-state index in [-0.39, 0.29) is 5.43 Å². The molecule has 1 unspecified atom stereocenters. The third-order valence-corrected chi connectivity index (χ3v) is 6.95. The first-order chi connectivity index (χ1) is 16.7. The summed E-state index contributed by atoms with van der Waals surface area (Å²) in [7, 11) is 0. The first kappa shape index (κ1) is 22.4. The summed E-state index contributed by atoms with van der Waals surface area (Å²) in [5.74, 6) is 0. The molecular formula is C31H32N2O. The van der Waals surface area contributed by atoms with Crippen LogP contribution in [0, 0.1) is 0 Å². The van der Waals surface area contributed by atoms with Gasteiger partial charge in [-0.25, -0.2) is 0 Å². The molecule has 3 heteroatoms. The van der Waals surface area contributed by atoms with Crippen LogP contribution in [0.2, 0.25) is 0 Å². The van der Waals surface area contributed by atoms with Crippen LogP contribution >= 0.6 is 0 Å². The second-order valence-corrected chi connectivity index (χ2v) is 9.36. The Kier molecular flexibility index (Phi) is 7.02. The molecule has 1 aromatic heterocycles. The van der Waals surface area contributed by atoms with Gasteiger partial charge in [0.2, 0.25) is 0 Å². The zero-order valence-electron chi connectivity index (χ0n) is 19.6. The first-order valence-corrected chi connectivity index (χ1v) is 12.3. The van der Waals surface area contributed by atoms with E-state index in [9.17, 15) is 4.79 Å². The van der Waals surface area contributed by atoms with Crippen molar-refractivity contribution in [1.82, 2.24) is 9.47 Å². The number of benzene rings is 3. The third kappa shape index (κ3) is 5.55. The van der Waals surface area contributed by atoms with E-state index in [1.165, 1.54) is 16.7 Å². The summed E-state index contributed by atoms with van der Waals surface area (Å²) in [6.07, 6.45) is 5.98. The molecule has 0 radical (unpaired) electrons. The summed E-state index contributed by atoms with van der Waals surface area (Å²) in [4.78, 5) is 15.5. The van der Waals surface area contributed by atoms with Gasteiger partial charge in [-0.2, -0.15) is 0 Å². The first-order valence-electron chi connectivity index (χ1n) is 12.3. The Morgan fingerprint density at radius 1 is 0.706 bits per heavy atom. The predicted octanol–water partition coefficient (Wildman–Crippen LogP) is 5.65. The van der Waals surface area contributed by atoms with Gasteiger partial charge in [-0.15, -0.1) is 0 Å². The highest BCUT2D eigenvalue weighted by Crippen LogP contribution is 2.23. The van der Waals surface area contributed by atoms with E-state index in [4.69, 9.17) is 0 Å². The average molecular weight is 449 g/mol. The topological polar surface area (TPSA) is 25.2 Å². The molecule has 0 N–H and O–H groups in total. The van der Waals surface area contributed by atoms with E-state index in [0.717, 1.165) is 56.6 Å². The van der Waals surface area contributed by atoms with Gasteiger partial charge in [0, 0.05) is 49.2 Å². The Morgan fingerprint density at radius 3 is 1.94 bits per heavy atom. The molecule has 1 aliphatic heterocycles. The lowest BCUT2D eigenvalue weighted by Crippen LogP contribution is -2.43. The van der Waals surface area contributed by atoms with Crippen molar-refractivity contribution >= 4 is 0 Å². The van der Waals surface area contributed by atoms with Gasteiger partial charge in [0.25, 0.3) is 0 Å². The molecule has 0 saturated heterocycles. The fourth-order valence-corrected chi connectivity index (χ4v) is 5.01. The molecule has 1 aliphatic rings. The lowest BCUT2D eigenvalue weighted by atomic mass is 9.99. The maximum absolute atomic E-state index is 12.9. The van der Waals surface area contributed by atoms with Gasteiger partial charge in [-0.3, -0.25) is 9.69 Å². The van der Waals surface area contributed by atoms with Crippen LogP contribution in [-0.4, -0.2) is 15.5 Å². The van der Waals surface area contributed by atoms with E-state index in [0.29, 0.717) is 6.04 Å². The van der Waals surface area contributed by atoms with Crippen molar-refractivity contribution in [3.05, 3.63) is 141 Å². The predicted molar refractivity (Wildman–Crippen MR) is 139 cm³/mol. The highest BCUT2D eigenvalue weighted by atomic mass is 16.1. The summed E-state index contributed by atoms with van der Waals surface area (Å²) in [6.45, 7) is 2.64. The van der Waals surface area contributed by atoms with Crippen LogP contribution in [0.3, 0.4) is 0 Å². The Labute approximate surface area is 202 Å². The van der Waals surface area contributed by atoms with Crippen molar-refractivity contribution in [2.75, 3.05) is 0 Å². The van der Waals surface area contributed by atoms with Crippen molar-refractivity contribution in [3.8, 4) is 0 Å². The number of nitrogens with zero attached hydrogens (tertiary/aromatic N) is 2. The summed E-state index contributed by atoms with van der Waals surface area (Å²) in [5.41, 5.74) is 6.20. The largest absolute Gasteiger partial charge is 0.348 e. The van der Waals surface area contributed by atoms with E-state index in [2.05, 4.69) is 101 Å². The number of hydrogen-bond donors (Lipinski definition) is 0. The van der Waals surface area contributed by atoms with Gasteiger partial charge in [-0.05, 0) is 42.4 Å². The van der Waals surface area contributed by atoms with Crippen molar-refractivity contribution in [2.24, 2.45) is 0 Å². The average Bonchev–Trinajstić information content (AvgIpc) is 2.88. The molecular weight excluding hydrogens is 416 g/mol. The minimum Gasteiger partial charge on any atom is -0.348 e. The maximum atomic E-state index is 12.9. The van der Waals surface area contributed by atoms with Gasteiger partial charge < -0.3 is 4.57 Å². The number of hydrogen-bond acceptors (Lipinski definition) is 2. The van der Waals surface area contributed by atoms with E-state index in [1.807, 2.05) is 12.1 Å². The number of rotatable bonds is 8. The molecule has 1 atom stereocenters. The second kappa shape index (κ2) is 10.7. The van der Waals surface area contributed by atoms with Crippen molar-refractivity contribution in [1.29, 1.82) is 0 Å². The highest BCUT2D eigenvalue weighted by Gasteiger charge is 2.26. The minimum atomic E-state index is 0.171. The summed E-state index contributed by atoms with van der Waals surface area (Å²) < 4.78 is 2.35. The molecule has 2 heterocycles. The van der Waals surface area contributed by atoms with Crippen LogP contribution < -0.4 is 5.43 Å². The van der Waals surface area contributed by atoms with Crippen LogP contribution in [0.4, 0.5) is 0 Å². The fourth-order valence-electron chi connectivity index (χ4n) is 5.01.